The summed E-state index contributed by atoms with van der Waals surface area (Å²) >= 11 is 0. The van der Waals surface area contributed by atoms with Gasteiger partial charge in [0.25, 0.3) is 0 Å². The lowest BCUT2D eigenvalue weighted by Gasteiger charge is -2.40. The van der Waals surface area contributed by atoms with Crippen LogP contribution in [0.15, 0.2) is 79.1 Å². The van der Waals surface area contributed by atoms with E-state index in [4.69, 9.17) is 4.74 Å². The molecule has 6 nitrogen and oxygen atoms in total. The summed E-state index contributed by atoms with van der Waals surface area (Å²) in [5.74, 6) is 0.649. The van der Waals surface area contributed by atoms with E-state index in [0.717, 1.165) is 78.4 Å². The van der Waals surface area contributed by atoms with Gasteiger partial charge in [0.15, 0.2) is 0 Å². The molecule has 1 aromatic heterocycles. The van der Waals surface area contributed by atoms with Crippen molar-refractivity contribution in [2.24, 2.45) is 0 Å². The maximum Gasteiger partial charge on any atom is 0.124 e. The van der Waals surface area contributed by atoms with Crippen LogP contribution >= 0.6 is 0 Å². The minimum Gasteiger partial charge on any atom is -0.496 e. The fraction of sp³-hybridized carbons (Fsp3) is 0.323. The first kappa shape index (κ1) is 26.1. The summed E-state index contributed by atoms with van der Waals surface area (Å²) in [6, 6.07) is 21.5. The Hall–Kier alpha value is -3.52. The molecule has 1 N–H and O–H groups in total. The lowest BCUT2D eigenvalue weighted by molar-refractivity contribution is 0.103. The molecule has 3 aromatic carbocycles. The highest BCUT2D eigenvalue weighted by Crippen LogP contribution is 2.38. The Morgan fingerprint density at radius 3 is 2.08 bits per heavy atom. The second-order valence-electron chi connectivity index (χ2n) is 10.2. The Morgan fingerprint density at radius 2 is 1.50 bits per heavy atom. The normalized spacial score (nSPS) is 15.6. The molecule has 0 spiro atoms. The van der Waals surface area contributed by atoms with Crippen LogP contribution in [0.3, 0.4) is 0 Å². The van der Waals surface area contributed by atoms with Gasteiger partial charge >= 0.3 is 0 Å². The third-order valence-corrected chi connectivity index (χ3v) is 7.39. The van der Waals surface area contributed by atoms with Gasteiger partial charge in [-0.1, -0.05) is 42.5 Å². The summed E-state index contributed by atoms with van der Waals surface area (Å²) in [7, 11) is 5.99. The van der Waals surface area contributed by atoms with Crippen LogP contribution in [0.5, 0.6) is 5.75 Å². The molecule has 7 heteroatoms. The van der Waals surface area contributed by atoms with Gasteiger partial charge in [-0.25, -0.2) is 4.39 Å². The van der Waals surface area contributed by atoms with E-state index in [9.17, 15) is 4.39 Å². The van der Waals surface area contributed by atoms with Crippen LogP contribution in [-0.4, -0.2) is 85.4 Å². The van der Waals surface area contributed by atoms with Crippen molar-refractivity contribution in [1.82, 2.24) is 24.9 Å². The number of likely N-dealkylation sites (N-methyl/N-ethyl adjacent to an activating group) is 1. The van der Waals surface area contributed by atoms with Gasteiger partial charge in [0.05, 0.1) is 19.3 Å². The molecule has 1 fully saturated rings. The quantitative estimate of drug-likeness (QED) is 0.335. The Labute approximate surface area is 224 Å². The minimum absolute atomic E-state index is 0.0399. The molecular weight excluding hydrogens is 477 g/mol. The first-order chi connectivity index (χ1) is 18.5. The van der Waals surface area contributed by atoms with E-state index in [2.05, 4.69) is 81.5 Å². The van der Waals surface area contributed by atoms with E-state index in [1.807, 2.05) is 24.5 Å². The number of benzene rings is 3. The number of aromatic amines is 1. The third-order valence-electron chi connectivity index (χ3n) is 7.39. The average Bonchev–Trinajstić information content (AvgIpc) is 3.48. The molecule has 5 rings (SSSR count). The van der Waals surface area contributed by atoms with Gasteiger partial charge in [0.2, 0.25) is 0 Å². The number of methoxy groups -OCH3 is 1. The summed E-state index contributed by atoms with van der Waals surface area (Å²) < 4.78 is 19.2. The molecule has 2 heterocycles. The van der Waals surface area contributed by atoms with Crippen molar-refractivity contribution >= 4 is 0 Å². The highest BCUT2D eigenvalue weighted by molar-refractivity contribution is 5.71. The number of rotatable bonds is 9. The van der Waals surface area contributed by atoms with Gasteiger partial charge < -0.3 is 9.64 Å². The highest BCUT2D eigenvalue weighted by atomic mass is 19.1. The monoisotopic (exact) mass is 513 g/mol. The number of nitrogens with one attached hydrogen (secondary N) is 1. The molecule has 1 aliphatic rings. The fourth-order valence-corrected chi connectivity index (χ4v) is 5.21. The standard InChI is InChI=1S/C31H36FN5O/c1-35(2)14-15-36-16-18-37(19-17-36)31(27-21-33-34-22-27)29-20-26(10-13-30(29)38-3)25-6-4-23(5-7-25)24-8-11-28(32)12-9-24/h4-13,20-22,31H,14-19H2,1-3H3,(H,33,34). The van der Waals surface area contributed by atoms with E-state index in [-0.39, 0.29) is 11.9 Å². The second-order valence-corrected chi connectivity index (χ2v) is 10.2. The lowest BCUT2D eigenvalue weighted by Crippen LogP contribution is -2.49. The largest absolute Gasteiger partial charge is 0.496 e. The molecular formula is C31H36FN5O. The first-order valence-electron chi connectivity index (χ1n) is 13.2. The van der Waals surface area contributed by atoms with Crippen molar-refractivity contribution in [3.63, 3.8) is 0 Å². The first-order valence-corrected chi connectivity index (χ1v) is 13.2. The predicted octanol–water partition coefficient (Wildman–Crippen LogP) is 5.16. The SMILES string of the molecule is COc1ccc(-c2ccc(-c3ccc(F)cc3)cc2)cc1C(c1cn[nH]c1)N1CCN(CCN(C)C)CC1. The van der Waals surface area contributed by atoms with Gasteiger partial charge in [-0.15, -0.1) is 0 Å². The number of hydrogen-bond acceptors (Lipinski definition) is 5. The Bertz CT molecular complexity index is 1300. The average molecular weight is 514 g/mol. The number of H-pyrrole nitrogens is 1. The molecule has 4 aromatic rings. The molecule has 0 amide bonds. The van der Waals surface area contributed by atoms with Gasteiger partial charge in [-0.05, 0) is 60.6 Å². The zero-order chi connectivity index (χ0) is 26.5. The van der Waals surface area contributed by atoms with Crippen LogP contribution < -0.4 is 4.74 Å². The van der Waals surface area contributed by atoms with Crippen LogP contribution in [0.4, 0.5) is 4.39 Å². The fourth-order valence-electron chi connectivity index (χ4n) is 5.21. The van der Waals surface area contributed by atoms with E-state index >= 15 is 0 Å². The highest BCUT2D eigenvalue weighted by Gasteiger charge is 2.29. The van der Waals surface area contributed by atoms with Crippen molar-refractivity contribution in [3.8, 4) is 28.0 Å². The summed E-state index contributed by atoms with van der Waals surface area (Å²) in [6.45, 7) is 6.18. The maximum absolute atomic E-state index is 13.3. The Balaban J connectivity index is 1.42. The summed E-state index contributed by atoms with van der Waals surface area (Å²) in [4.78, 5) is 7.32. The topological polar surface area (TPSA) is 47.6 Å². The van der Waals surface area contributed by atoms with Crippen molar-refractivity contribution in [2.45, 2.75) is 6.04 Å². The van der Waals surface area contributed by atoms with E-state index in [0.29, 0.717) is 0 Å². The molecule has 0 bridgehead atoms. The molecule has 0 saturated carbocycles. The van der Waals surface area contributed by atoms with Crippen molar-refractivity contribution in [2.75, 3.05) is 60.5 Å². The molecule has 1 unspecified atom stereocenters. The summed E-state index contributed by atoms with van der Waals surface area (Å²) in [5, 5.41) is 7.29. The van der Waals surface area contributed by atoms with Gasteiger partial charge in [0, 0.05) is 56.6 Å². The van der Waals surface area contributed by atoms with Gasteiger partial charge in [0.1, 0.15) is 11.6 Å². The van der Waals surface area contributed by atoms with Crippen molar-refractivity contribution in [1.29, 1.82) is 0 Å². The lowest BCUT2D eigenvalue weighted by atomic mass is 9.93. The molecule has 0 radical (unpaired) electrons. The Morgan fingerprint density at radius 1 is 0.895 bits per heavy atom. The number of nitrogens with zero attached hydrogens (tertiary/aromatic N) is 4. The zero-order valence-electron chi connectivity index (χ0n) is 22.4. The maximum atomic E-state index is 13.3. The number of piperazine rings is 1. The number of aromatic nitrogens is 2. The second kappa shape index (κ2) is 11.9. The van der Waals surface area contributed by atoms with Crippen LogP contribution in [0.1, 0.15) is 17.2 Å². The number of ether oxygens (including phenoxy) is 1. The van der Waals surface area contributed by atoms with E-state index in [1.165, 1.54) is 12.1 Å². The number of halogens is 1. The van der Waals surface area contributed by atoms with E-state index in [1.54, 1.807) is 7.11 Å². The summed E-state index contributed by atoms with van der Waals surface area (Å²) in [5.41, 5.74) is 6.58. The molecule has 0 aliphatic carbocycles. The minimum atomic E-state index is -0.224. The molecule has 1 aliphatic heterocycles. The predicted molar refractivity (Wildman–Crippen MR) is 151 cm³/mol. The third kappa shape index (κ3) is 5.96. The Kier molecular flexibility index (Phi) is 8.17. The van der Waals surface area contributed by atoms with E-state index < -0.39 is 0 Å². The van der Waals surface area contributed by atoms with Crippen LogP contribution in [-0.2, 0) is 0 Å². The van der Waals surface area contributed by atoms with Gasteiger partial charge in [-0.2, -0.15) is 5.10 Å². The van der Waals surface area contributed by atoms with Crippen LogP contribution in [0.2, 0.25) is 0 Å². The molecule has 38 heavy (non-hydrogen) atoms. The molecule has 1 saturated heterocycles. The van der Waals surface area contributed by atoms with Crippen LogP contribution in [0, 0.1) is 5.82 Å². The molecule has 198 valence electrons. The molecule has 1 atom stereocenters. The zero-order valence-corrected chi connectivity index (χ0v) is 22.4. The van der Waals surface area contributed by atoms with Gasteiger partial charge in [-0.3, -0.25) is 14.9 Å². The summed E-state index contributed by atoms with van der Waals surface area (Å²) in [6.07, 6.45) is 3.92. The number of hydrogen-bond donors (Lipinski definition) is 1. The smallest absolute Gasteiger partial charge is 0.124 e. The van der Waals surface area contributed by atoms with Crippen molar-refractivity contribution in [3.05, 3.63) is 96.1 Å². The van der Waals surface area contributed by atoms with Crippen LogP contribution in [0.25, 0.3) is 22.3 Å². The van der Waals surface area contributed by atoms with Crippen molar-refractivity contribution < 1.29 is 9.13 Å².